The van der Waals surface area contributed by atoms with E-state index in [-0.39, 0.29) is 12.5 Å². The molecule has 1 aliphatic heterocycles. The fourth-order valence-corrected chi connectivity index (χ4v) is 3.25. The molecule has 0 radical (unpaired) electrons. The fraction of sp³-hybridized carbons (Fsp3) is 0.350. The van der Waals surface area contributed by atoms with Crippen LogP contribution in [0.2, 0.25) is 5.02 Å². The summed E-state index contributed by atoms with van der Waals surface area (Å²) in [6, 6.07) is 17.5. The van der Waals surface area contributed by atoms with E-state index >= 15 is 0 Å². The number of hydrogen-bond donors (Lipinski definition) is 0. The van der Waals surface area contributed by atoms with Gasteiger partial charge in [0.15, 0.2) is 6.61 Å². The monoisotopic (exact) mass is 343 g/mol. The highest BCUT2D eigenvalue weighted by atomic mass is 35.5. The molecule has 0 N–H and O–H groups in total. The quantitative estimate of drug-likeness (QED) is 0.817. The average Bonchev–Trinajstić information content (AvgIpc) is 2.87. The van der Waals surface area contributed by atoms with Gasteiger partial charge in [-0.15, -0.1) is 0 Å². The number of ether oxygens (including phenoxy) is 1. The molecular formula is C20H22ClNO2. The van der Waals surface area contributed by atoms with Gasteiger partial charge in [-0.1, -0.05) is 48.4 Å². The van der Waals surface area contributed by atoms with Gasteiger partial charge in [-0.05, 0) is 42.7 Å². The Morgan fingerprint density at radius 3 is 2.58 bits per heavy atom. The molecule has 24 heavy (non-hydrogen) atoms. The summed E-state index contributed by atoms with van der Waals surface area (Å²) in [5, 5.41) is 0.747. The number of rotatable bonds is 4. The lowest BCUT2D eigenvalue weighted by Crippen LogP contribution is -2.37. The van der Waals surface area contributed by atoms with E-state index in [1.165, 1.54) is 5.56 Å². The third-order valence-corrected chi connectivity index (χ3v) is 4.72. The summed E-state index contributed by atoms with van der Waals surface area (Å²) in [4.78, 5) is 14.5. The molecule has 126 valence electrons. The number of para-hydroxylation sites is 1. The molecule has 1 saturated heterocycles. The van der Waals surface area contributed by atoms with E-state index in [0.29, 0.717) is 5.92 Å². The van der Waals surface area contributed by atoms with Gasteiger partial charge in [0.05, 0.1) is 0 Å². The number of halogens is 1. The van der Waals surface area contributed by atoms with Crippen LogP contribution in [-0.2, 0) is 4.79 Å². The minimum atomic E-state index is 0.0553. The lowest BCUT2D eigenvalue weighted by atomic mass is 9.94. The van der Waals surface area contributed by atoms with Gasteiger partial charge in [-0.3, -0.25) is 4.79 Å². The predicted molar refractivity (Wildman–Crippen MR) is 96.6 cm³/mol. The van der Waals surface area contributed by atoms with Crippen molar-refractivity contribution in [3.8, 4) is 5.75 Å². The molecule has 1 fully saturated rings. The summed E-state index contributed by atoms with van der Waals surface area (Å²) in [5.41, 5.74) is 1.25. The van der Waals surface area contributed by atoms with Gasteiger partial charge in [0.25, 0.3) is 5.91 Å². The van der Waals surface area contributed by atoms with Crippen LogP contribution in [-0.4, -0.2) is 30.5 Å². The molecule has 1 aliphatic rings. The Bertz CT molecular complexity index is 657. The zero-order chi connectivity index (χ0) is 16.8. The van der Waals surface area contributed by atoms with Crippen LogP contribution in [0.5, 0.6) is 5.75 Å². The summed E-state index contributed by atoms with van der Waals surface area (Å²) in [6.07, 6.45) is 3.28. The average molecular weight is 344 g/mol. The smallest absolute Gasteiger partial charge is 0.260 e. The maximum absolute atomic E-state index is 12.5. The second kappa shape index (κ2) is 8.20. The van der Waals surface area contributed by atoms with Crippen molar-refractivity contribution in [2.75, 3.05) is 19.7 Å². The van der Waals surface area contributed by atoms with Gasteiger partial charge in [0, 0.05) is 24.0 Å². The number of nitrogens with zero attached hydrogens (tertiary/aromatic N) is 1. The Morgan fingerprint density at radius 1 is 1.08 bits per heavy atom. The van der Waals surface area contributed by atoms with Gasteiger partial charge < -0.3 is 9.64 Å². The molecule has 1 atom stereocenters. The number of hydrogen-bond acceptors (Lipinski definition) is 2. The standard InChI is InChI=1S/C20H22ClNO2/c21-18-11-9-16(10-12-18)17-6-4-5-13-22(14-17)20(23)15-24-19-7-2-1-3-8-19/h1-3,7-12,17H,4-6,13-15H2. The highest BCUT2D eigenvalue weighted by Gasteiger charge is 2.23. The zero-order valence-electron chi connectivity index (χ0n) is 13.7. The Hall–Kier alpha value is -2.00. The van der Waals surface area contributed by atoms with E-state index < -0.39 is 0 Å². The number of likely N-dealkylation sites (tertiary alicyclic amines) is 1. The van der Waals surface area contributed by atoms with Crippen molar-refractivity contribution in [1.82, 2.24) is 4.90 Å². The highest BCUT2D eigenvalue weighted by Crippen LogP contribution is 2.27. The van der Waals surface area contributed by atoms with Crippen molar-refractivity contribution < 1.29 is 9.53 Å². The minimum absolute atomic E-state index is 0.0553. The Labute approximate surface area is 148 Å². The van der Waals surface area contributed by atoms with Crippen LogP contribution in [0.25, 0.3) is 0 Å². The summed E-state index contributed by atoms with van der Waals surface area (Å²) >= 11 is 5.98. The van der Waals surface area contributed by atoms with Gasteiger partial charge in [-0.25, -0.2) is 0 Å². The summed E-state index contributed by atoms with van der Waals surface area (Å²) in [5.74, 6) is 1.15. The summed E-state index contributed by atoms with van der Waals surface area (Å²) < 4.78 is 5.61. The van der Waals surface area contributed by atoms with Gasteiger partial charge in [0.2, 0.25) is 0 Å². The molecule has 2 aromatic carbocycles. The Morgan fingerprint density at radius 2 is 1.83 bits per heavy atom. The first-order valence-corrected chi connectivity index (χ1v) is 8.81. The molecule has 0 saturated carbocycles. The molecule has 3 nitrogen and oxygen atoms in total. The van der Waals surface area contributed by atoms with Crippen molar-refractivity contribution in [3.63, 3.8) is 0 Å². The van der Waals surface area contributed by atoms with Crippen LogP contribution in [0.4, 0.5) is 0 Å². The number of carbonyl (C=O) groups excluding carboxylic acids is 1. The van der Waals surface area contributed by atoms with Crippen molar-refractivity contribution in [2.45, 2.75) is 25.2 Å². The zero-order valence-corrected chi connectivity index (χ0v) is 14.4. The third-order valence-electron chi connectivity index (χ3n) is 4.47. The van der Waals surface area contributed by atoms with Crippen molar-refractivity contribution in [2.24, 2.45) is 0 Å². The van der Waals surface area contributed by atoms with Crippen molar-refractivity contribution >= 4 is 17.5 Å². The molecule has 0 bridgehead atoms. The molecule has 0 aliphatic carbocycles. The van der Waals surface area contributed by atoms with E-state index in [1.807, 2.05) is 47.4 Å². The maximum Gasteiger partial charge on any atom is 0.260 e. The van der Waals surface area contributed by atoms with Crippen LogP contribution in [0, 0.1) is 0 Å². The maximum atomic E-state index is 12.5. The lowest BCUT2D eigenvalue weighted by molar-refractivity contribution is -0.133. The number of carbonyl (C=O) groups is 1. The summed E-state index contributed by atoms with van der Waals surface area (Å²) in [6.45, 7) is 1.65. The van der Waals surface area contributed by atoms with Crippen molar-refractivity contribution in [1.29, 1.82) is 0 Å². The first-order valence-electron chi connectivity index (χ1n) is 8.43. The largest absolute Gasteiger partial charge is 0.484 e. The lowest BCUT2D eigenvalue weighted by Gasteiger charge is -2.25. The molecule has 1 amide bonds. The number of benzene rings is 2. The molecule has 1 heterocycles. The van der Waals surface area contributed by atoms with Crippen LogP contribution in [0.1, 0.15) is 30.7 Å². The summed E-state index contributed by atoms with van der Waals surface area (Å²) in [7, 11) is 0. The van der Waals surface area contributed by atoms with Crippen molar-refractivity contribution in [3.05, 3.63) is 65.2 Å². The van der Waals surface area contributed by atoms with Crippen LogP contribution in [0.3, 0.4) is 0 Å². The van der Waals surface area contributed by atoms with E-state index in [2.05, 4.69) is 12.1 Å². The second-order valence-electron chi connectivity index (χ2n) is 6.19. The first kappa shape index (κ1) is 16.8. The van der Waals surface area contributed by atoms with E-state index in [0.717, 1.165) is 43.1 Å². The Balaban J connectivity index is 1.61. The van der Waals surface area contributed by atoms with Gasteiger partial charge in [-0.2, -0.15) is 0 Å². The van der Waals surface area contributed by atoms with E-state index in [9.17, 15) is 4.79 Å². The number of amides is 1. The van der Waals surface area contributed by atoms with Gasteiger partial charge in [0.1, 0.15) is 5.75 Å². The molecule has 1 unspecified atom stereocenters. The highest BCUT2D eigenvalue weighted by molar-refractivity contribution is 6.30. The van der Waals surface area contributed by atoms with E-state index in [1.54, 1.807) is 0 Å². The molecule has 0 spiro atoms. The molecular weight excluding hydrogens is 322 g/mol. The first-order chi connectivity index (χ1) is 11.7. The van der Waals surface area contributed by atoms with Gasteiger partial charge >= 0.3 is 0 Å². The second-order valence-corrected chi connectivity index (χ2v) is 6.62. The van der Waals surface area contributed by atoms with E-state index in [4.69, 9.17) is 16.3 Å². The molecule has 2 aromatic rings. The third kappa shape index (κ3) is 4.51. The van der Waals surface area contributed by atoms with Crippen LogP contribution in [0.15, 0.2) is 54.6 Å². The SMILES string of the molecule is O=C(COc1ccccc1)N1CCCCC(c2ccc(Cl)cc2)C1. The van der Waals surface area contributed by atoms with Crippen LogP contribution < -0.4 is 4.74 Å². The topological polar surface area (TPSA) is 29.5 Å². The minimum Gasteiger partial charge on any atom is -0.484 e. The molecule has 4 heteroatoms. The Kier molecular flexibility index (Phi) is 5.76. The normalized spacial score (nSPS) is 18.0. The fourth-order valence-electron chi connectivity index (χ4n) is 3.13. The molecule has 3 rings (SSSR count). The van der Waals surface area contributed by atoms with Crippen LogP contribution >= 0.6 is 11.6 Å². The molecule has 0 aromatic heterocycles. The predicted octanol–water partition coefficient (Wildman–Crippen LogP) is 4.52.